The summed E-state index contributed by atoms with van der Waals surface area (Å²) in [7, 11) is 2.02. The number of thiophene rings is 1. The molecule has 0 saturated carbocycles. The third-order valence-corrected chi connectivity index (χ3v) is 6.22. The molecule has 0 aliphatic heterocycles. The van der Waals surface area contributed by atoms with Gasteiger partial charge >= 0.3 is 0 Å². The van der Waals surface area contributed by atoms with Gasteiger partial charge in [0.2, 0.25) is 0 Å². The van der Waals surface area contributed by atoms with Gasteiger partial charge in [0.15, 0.2) is 0 Å². The van der Waals surface area contributed by atoms with Gasteiger partial charge in [0, 0.05) is 39.3 Å². The van der Waals surface area contributed by atoms with Crippen LogP contribution in [0.1, 0.15) is 20.9 Å². The molecule has 4 nitrogen and oxygen atoms in total. The quantitative estimate of drug-likeness (QED) is 0.388. The van der Waals surface area contributed by atoms with Crippen molar-refractivity contribution in [3.8, 4) is 0 Å². The van der Waals surface area contributed by atoms with Gasteiger partial charge < -0.3 is 4.57 Å². The molecule has 4 aromatic rings. The number of amides is 1. The molecular weight excluding hydrogens is 366 g/mol. The topological polar surface area (TPSA) is 46.4 Å². The van der Waals surface area contributed by atoms with Gasteiger partial charge in [-0.25, -0.2) is 5.43 Å². The lowest BCUT2D eigenvalue weighted by Gasteiger charge is -1.99. The summed E-state index contributed by atoms with van der Waals surface area (Å²) in [5.74, 6) is -0.301. The number of nitrogens with one attached hydrogen (secondary N) is 1. The van der Waals surface area contributed by atoms with E-state index >= 15 is 0 Å². The number of benzene rings is 2. The first-order chi connectivity index (χ1) is 12.6. The minimum Gasteiger partial charge on any atom is -0.347 e. The number of hydrogen-bond donors (Lipinski definition) is 1. The summed E-state index contributed by atoms with van der Waals surface area (Å²) >= 11 is 7.72. The van der Waals surface area contributed by atoms with Crippen LogP contribution in [-0.4, -0.2) is 16.7 Å². The maximum Gasteiger partial charge on any atom is 0.283 e. The van der Waals surface area contributed by atoms with Crippen LogP contribution in [0.15, 0.2) is 53.6 Å². The highest BCUT2D eigenvalue weighted by molar-refractivity contribution is 7.21. The molecule has 2 aromatic heterocycles. The predicted molar refractivity (Wildman–Crippen MR) is 110 cm³/mol. The summed E-state index contributed by atoms with van der Waals surface area (Å²) in [6.45, 7) is 2.03. The van der Waals surface area contributed by atoms with E-state index in [-0.39, 0.29) is 5.91 Å². The third kappa shape index (κ3) is 2.69. The molecule has 2 aromatic carbocycles. The number of rotatable bonds is 3. The van der Waals surface area contributed by atoms with Gasteiger partial charge in [-0.1, -0.05) is 48.0 Å². The molecule has 26 heavy (non-hydrogen) atoms. The van der Waals surface area contributed by atoms with E-state index in [0.29, 0.717) is 9.90 Å². The Morgan fingerprint density at radius 3 is 2.62 bits per heavy atom. The van der Waals surface area contributed by atoms with Crippen molar-refractivity contribution in [1.29, 1.82) is 0 Å². The van der Waals surface area contributed by atoms with Crippen LogP contribution in [0.5, 0.6) is 0 Å². The lowest BCUT2D eigenvalue weighted by atomic mass is 10.1. The standard InChI is InChI=1S/C20H16ClN3OS/c1-12-15(13-7-3-5-9-16(13)24(12)2)11-22-23-20(25)19-18(21)14-8-4-6-10-17(14)26-19/h3-11H,1-2H3,(H,23,25)/b22-11+. The van der Waals surface area contributed by atoms with E-state index in [1.807, 2.05) is 56.4 Å². The van der Waals surface area contributed by atoms with Crippen molar-refractivity contribution < 1.29 is 4.79 Å². The molecule has 0 saturated heterocycles. The van der Waals surface area contributed by atoms with Gasteiger partial charge in [0.1, 0.15) is 4.88 Å². The Hall–Kier alpha value is -2.63. The van der Waals surface area contributed by atoms with Crippen molar-refractivity contribution in [3.63, 3.8) is 0 Å². The van der Waals surface area contributed by atoms with Crippen molar-refractivity contribution in [2.24, 2.45) is 12.1 Å². The van der Waals surface area contributed by atoms with Gasteiger partial charge in [0.05, 0.1) is 11.2 Å². The first kappa shape index (κ1) is 16.8. The van der Waals surface area contributed by atoms with Crippen LogP contribution < -0.4 is 5.43 Å². The van der Waals surface area contributed by atoms with E-state index in [9.17, 15) is 4.79 Å². The molecule has 0 unspecified atom stereocenters. The molecule has 0 aliphatic carbocycles. The van der Waals surface area contributed by atoms with Crippen LogP contribution in [0, 0.1) is 6.92 Å². The van der Waals surface area contributed by atoms with Crippen LogP contribution in [0.2, 0.25) is 5.02 Å². The van der Waals surface area contributed by atoms with Crippen LogP contribution >= 0.6 is 22.9 Å². The summed E-state index contributed by atoms with van der Waals surface area (Å²) in [5.41, 5.74) is 5.81. The Bertz CT molecular complexity index is 1170. The Morgan fingerprint density at radius 1 is 1.15 bits per heavy atom. The highest BCUT2D eigenvalue weighted by Crippen LogP contribution is 2.35. The summed E-state index contributed by atoms with van der Waals surface area (Å²) < 4.78 is 3.10. The second kappa shape index (κ2) is 6.59. The van der Waals surface area contributed by atoms with E-state index < -0.39 is 0 Å². The molecule has 0 fully saturated rings. The van der Waals surface area contributed by atoms with Crippen molar-refractivity contribution in [2.45, 2.75) is 6.92 Å². The molecule has 0 atom stereocenters. The number of carbonyl (C=O) groups excluding carboxylic acids is 1. The molecule has 1 amide bonds. The molecule has 2 heterocycles. The zero-order valence-electron chi connectivity index (χ0n) is 14.3. The fourth-order valence-electron chi connectivity index (χ4n) is 3.08. The minimum absolute atomic E-state index is 0.301. The van der Waals surface area contributed by atoms with Crippen LogP contribution in [0.25, 0.3) is 21.0 Å². The first-order valence-corrected chi connectivity index (χ1v) is 9.32. The lowest BCUT2D eigenvalue weighted by molar-refractivity contribution is 0.0959. The molecular formula is C20H16ClN3OS. The van der Waals surface area contributed by atoms with Crippen LogP contribution in [0.4, 0.5) is 0 Å². The van der Waals surface area contributed by atoms with Gasteiger partial charge in [-0.05, 0) is 19.1 Å². The Morgan fingerprint density at radius 2 is 1.85 bits per heavy atom. The van der Waals surface area contributed by atoms with Crippen molar-refractivity contribution in [3.05, 3.63) is 69.7 Å². The van der Waals surface area contributed by atoms with E-state index in [1.54, 1.807) is 6.21 Å². The van der Waals surface area contributed by atoms with Crippen molar-refractivity contribution in [2.75, 3.05) is 0 Å². The average Bonchev–Trinajstić information content (AvgIpc) is 3.12. The zero-order valence-corrected chi connectivity index (χ0v) is 15.9. The van der Waals surface area contributed by atoms with E-state index in [0.717, 1.165) is 32.2 Å². The predicted octanol–water partition coefficient (Wildman–Crippen LogP) is 5.12. The highest BCUT2D eigenvalue weighted by Gasteiger charge is 2.16. The molecule has 130 valence electrons. The number of hydrogen-bond acceptors (Lipinski definition) is 3. The number of fused-ring (bicyclic) bond motifs is 2. The summed E-state index contributed by atoms with van der Waals surface area (Å²) in [4.78, 5) is 12.9. The maximum absolute atomic E-state index is 12.5. The van der Waals surface area contributed by atoms with Gasteiger partial charge in [-0.15, -0.1) is 11.3 Å². The number of hydrazone groups is 1. The smallest absolute Gasteiger partial charge is 0.283 e. The fourth-order valence-corrected chi connectivity index (χ4v) is 4.49. The Kier molecular flexibility index (Phi) is 4.26. The second-order valence-corrected chi connectivity index (χ2v) is 7.45. The zero-order chi connectivity index (χ0) is 18.3. The van der Waals surface area contributed by atoms with Gasteiger partial charge in [-0.3, -0.25) is 4.79 Å². The summed E-state index contributed by atoms with van der Waals surface area (Å²) in [5, 5.41) is 6.62. The highest BCUT2D eigenvalue weighted by atomic mass is 35.5. The number of carbonyl (C=O) groups is 1. The van der Waals surface area contributed by atoms with Gasteiger partial charge in [-0.2, -0.15) is 5.10 Å². The van der Waals surface area contributed by atoms with Gasteiger partial charge in [0.25, 0.3) is 5.91 Å². The van der Waals surface area contributed by atoms with Crippen LogP contribution in [-0.2, 0) is 7.05 Å². The third-order valence-electron chi connectivity index (χ3n) is 4.55. The van der Waals surface area contributed by atoms with E-state index in [2.05, 4.69) is 21.2 Å². The van der Waals surface area contributed by atoms with Crippen LogP contribution in [0.3, 0.4) is 0 Å². The monoisotopic (exact) mass is 381 g/mol. The second-order valence-electron chi connectivity index (χ2n) is 6.02. The number of para-hydroxylation sites is 1. The SMILES string of the molecule is Cc1c(/C=N/NC(=O)c2sc3ccccc3c2Cl)c2ccccc2n1C. The Labute approximate surface area is 159 Å². The maximum atomic E-state index is 12.5. The normalized spacial score (nSPS) is 11.7. The fraction of sp³-hybridized carbons (Fsp3) is 0.100. The molecule has 1 N–H and O–H groups in total. The summed E-state index contributed by atoms with van der Waals surface area (Å²) in [6.07, 6.45) is 1.69. The number of aromatic nitrogens is 1. The molecule has 4 rings (SSSR count). The molecule has 0 radical (unpaired) electrons. The average molecular weight is 382 g/mol. The first-order valence-electron chi connectivity index (χ1n) is 8.12. The lowest BCUT2D eigenvalue weighted by Crippen LogP contribution is -2.16. The molecule has 6 heteroatoms. The minimum atomic E-state index is -0.301. The van der Waals surface area contributed by atoms with Crippen molar-refractivity contribution >= 4 is 56.0 Å². The number of aryl methyl sites for hydroxylation is 1. The van der Waals surface area contributed by atoms with E-state index in [4.69, 9.17) is 11.6 Å². The summed E-state index contributed by atoms with van der Waals surface area (Å²) in [6, 6.07) is 15.8. The molecule has 0 spiro atoms. The largest absolute Gasteiger partial charge is 0.347 e. The number of halogens is 1. The van der Waals surface area contributed by atoms with Crippen molar-refractivity contribution in [1.82, 2.24) is 9.99 Å². The number of nitrogens with zero attached hydrogens (tertiary/aromatic N) is 2. The van der Waals surface area contributed by atoms with E-state index in [1.165, 1.54) is 11.3 Å². The Balaban J connectivity index is 1.62. The molecule has 0 bridgehead atoms. The molecule has 0 aliphatic rings.